The molecule has 2 N–H and O–H groups in total. The van der Waals surface area contributed by atoms with E-state index >= 15 is 0 Å². The summed E-state index contributed by atoms with van der Waals surface area (Å²) in [5, 5.41) is 4.35. The maximum atomic E-state index is 14.1. The van der Waals surface area contributed by atoms with E-state index in [1.54, 1.807) is 7.05 Å². The molecule has 3 aromatic rings. The normalized spacial score (nSPS) is 11.0. The first-order valence-electron chi connectivity index (χ1n) is 6.01. The molecule has 2 aromatic heterocycles. The second-order valence-corrected chi connectivity index (χ2v) is 6.92. The van der Waals surface area contributed by atoms with Crippen molar-refractivity contribution in [3.8, 4) is 21.7 Å². The smallest absolute Gasteiger partial charge is 0.134 e. The van der Waals surface area contributed by atoms with Crippen LogP contribution in [0.25, 0.3) is 21.7 Å². The van der Waals surface area contributed by atoms with Crippen LogP contribution in [-0.2, 0) is 7.05 Å². The van der Waals surface area contributed by atoms with Crippen LogP contribution in [0.4, 0.5) is 14.6 Å². The molecule has 0 aliphatic carbocycles. The van der Waals surface area contributed by atoms with E-state index in [-0.39, 0.29) is 5.56 Å². The van der Waals surface area contributed by atoms with Crippen molar-refractivity contribution < 1.29 is 8.78 Å². The molecule has 0 spiro atoms. The van der Waals surface area contributed by atoms with E-state index in [0.717, 1.165) is 14.7 Å². The number of rotatable bonds is 2. The van der Waals surface area contributed by atoms with Crippen LogP contribution in [0, 0.1) is 11.6 Å². The number of thiophene rings is 1. The van der Waals surface area contributed by atoms with Gasteiger partial charge in [0.15, 0.2) is 0 Å². The molecule has 0 aliphatic heterocycles. The standard InChI is InChI=1S/C14H10BrF2N3S/c1-20-14(18)12(8-3-2-7(16)6-9(8)17)13(19-20)10-4-5-11(15)21-10/h2-6H,18H2,1H3. The minimum atomic E-state index is -0.661. The molecule has 0 unspecified atom stereocenters. The van der Waals surface area contributed by atoms with E-state index in [0.29, 0.717) is 17.1 Å². The summed E-state index contributed by atoms with van der Waals surface area (Å²) in [7, 11) is 1.69. The molecular weight excluding hydrogens is 360 g/mol. The van der Waals surface area contributed by atoms with Gasteiger partial charge in [0.2, 0.25) is 0 Å². The second-order valence-electron chi connectivity index (χ2n) is 4.46. The van der Waals surface area contributed by atoms with Gasteiger partial charge in [-0.15, -0.1) is 11.3 Å². The van der Waals surface area contributed by atoms with E-state index in [9.17, 15) is 8.78 Å². The number of benzene rings is 1. The Morgan fingerprint density at radius 2 is 2.00 bits per heavy atom. The molecule has 7 heteroatoms. The maximum absolute atomic E-state index is 14.1. The molecule has 0 aliphatic rings. The highest BCUT2D eigenvalue weighted by atomic mass is 79.9. The number of halogens is 3. The van der Waals surface area contributed by atoms with Crippen molar-refractivity contribution in [2.24, 2.45) is 7.05 Å². The van der Waals surface area contributed by atoms with Crippen molar-refractivity contribution in [1.29, 1.82) is 0 Å². The Balaban J connectivity index is 2.26. The molecule has 108 valence electrons. The Bertz CT molecular complexity index is 826. The van der Waals surface area contributed by atoms with Gasteiger partial charge in [-0.2, -0.15) is 5.10 Å². The predicted molar refractivity (Wildman–Crippen MR) is 84.0 cm³/mol. The fourth-order valence-corrected chi connectivity index (χ4v) is 3.49. The van der Waals surface area contributed by atoms with Crippen molar-refractivity contribution in [1.82, 2.24) is 9.78 Å². The van der Waals surface area contributed by atoms with Crippen LogP contribution in [0.5, 0.6) is 0 Å². The first kappa shape index (κ1) is 14.2. The topological polar surface area (TPSA) is 43.8 Å². The number of anilines is 1. The lowest BCUT2D eigenvalue weighted by molar-refractivity contribution is 0.585. The van der Waals surface area contributed by atoms with Crippen molar-refractivity contribution >= 4 is 33.1 Å². The number of nitrogens with two attached hydrogens (primary N) is 1. The van der Waals surface area contributed by atoms with Crippen molar-refractivity contribution in [3.05, 3.63) is 45.8 Å². The minimum Gasteiger partial charge on any atom is -0.383 e. The Kier molecular flexibility index (Phi) is 3.54. The first-order valence-corrected chi connectivity index (χ1v) is 7.62. The molecule has 1 aromatic carbocycles. The highest BCUT2D eigenvalue weighted by Gasteiger charge is 2.21. The average Bonchev–Trinajstić information content (AvgIpc) is 2.96. The number of aryl methyl sites for hydroxylation is 1. The minimum absolute atomic E-state index is 0.238. The molecule has 0 amide bonds. The van der Waals surface area contributed by atoms with Crippen molar-refractivity contribution in [3.63, 3.8) is 0 Å². The van der Waals surface area contributed by atoms with Gasteiger partial charge in [-0.3, -0.25) is 4.68 Å². The van der Waals surface area contributed by atoms with E-state index in [2.05, 4.69) is 21.0 Å². The zero-order valence-electron chi connectivity index (χ0n) is 10.9. The average molecular weight is 370 g/mol. The van der Waals surface area contributed by atoms with Gasteiger partial charge in [-0.1, -0.05) is 0 Å². The fourth-order valence-electron chi connectivity index (χ4n) is 2.11. The molecule has 3 nitrogen and oxygen atoms in total. The molecule has 0 bridgehead atoms. The van der Waals surface area contributed by atoms with Crippen LogP contribution in [0.2, 0.25) is 0 Å². The van der Waals surface area contributed by atoms with Crippen LogP contribution in [0.15, 0.2) is 34.1 Å². The molecule has 21 heavy (non-hydrogen) atoms. The third-order valence-corrected chi connectivity index (χ3v) is 4.73. The quantitative estimate of drug-likeness (QED) is 0.725. The van der Waals surface area contributed by atoms with Gasteiger partial charge in [0.25, 0.3) is 0 Å². The number of nitrogens with zero attached hydrogens (tertiary/aromatic N) is 2. The summed E-state index contributed by atoms with van der Waals surface area (Å²) < 4.78 is 29.6. The molecule has 2 heterocycles. The lowest BCUT2D eigenvalue weighted by Crippen LogP contribution is -1.98. The summed E-state index contributed by atoms with van der Waals surface area (Å²) >= 11 is 4.86. The molecule has 3 rings (SSSR count). The van der Waals surface area contributed by atoms with Crippen LogP contribution in [-0.4, -0.2) is 9.78 Å². The second kappa shape index (κ2) is 5.23. The summed E-state index contributed by atoms with van der Waals surface area (Å²) in [5.74, 6) is -0.953. The highest BCUT2D eigenvalue weighted by Crippen LogP contribution is 2.40. The van der Waals surface area contributed by atoms with Gasteiger partial charge < -0.3 is 5.73 Å². The number of hydrogen-bond donors (Lipinski definition) is 1. The molecular formula is C14H10BrF2N3S. The SMILES string of the molecule is Cn1nc(-c2ccc(Br)s2)c(-c2ccc(F)cc2F)c1N. The maximum Gasteiger partial charge on any atom is 0.134 e. The highest BCUT2D eigenvalue weighted by molar-refractivity contribution is 9.11. The number of aromatic nitrogens is 2. The Labute approximate surface area is 132 Å². The van der Waals surface area contributed by atoms with Gasteiger partial charge in [0.05, 0.1) is 14.2 Å². The third kappa shape index (κ3) is 2.47. The summed E-state index contributed by atoms with van der Waals surface area (Å²) in [6.07, 6.45) is 0. The largest absolute Gasteiger partial charge is 0.383 e. The number of nitrogen functional groups attached to an aromatic ring is 1. The van der Waals surface area contributed by atoms with Gasteiger partial charge in [0.1, 0.15) is 23.1 Å². The number of hydrogen-bond acceptors (Lipinski definition) is 3. The monoisotopic (exact) mass is 369 g/mol. The van der Waals surface area contributed by atoms with Gasteiger partial charge in [-0.25, -0.2) is 8.78 Å². The fraction of sp³-hybridized carbons (Fsp3) is 0.0714. The summed E-state index contributed by atoms with van der Waals surface area (Å²) in [4.78, 5) is 0.855. The van der Waals surface area contributed by atoms with Gasteiger partial charge in [-0.05, 0) is 40.2 Å². The van der Waals surface area contributed by atoms with E-state index in [1.807, 2.05) is 12.1 Å². The molecule has 0 fully saturated rings. The van der Waals surface area contributed by atoms with E-state index in [1.165, 1.54) is 28.2 Å². The van der Waals surface area contributed by atoms with Crippen molar-refractivity contribution in [2.45, 2.75) is 0 Å². The first-order chi connectivity index (χ1) is 9.97. The zero-order chi connectivity index (χ0) is 15.1. The Morgan fingerprint density at radius 1 is 1.24 bits per heavy atom. The lowest BCUT2D eigenvalue weighted by atomic mass is 10.0. The van der Waals surface area contributed by atoms with Crippen LogP contribution >= 0.6 is 27.3 Å². The lowest BCUT2D eigenvalue weighted by Gasteiger charge is -2.05. The van der Waals surface area contributed by atoms with Gasteiger partial charge >= 0.3 is 0 Å². The molecule has 0 radical (unpaired) electrons. The molecule has 0 atom stereocenters. The van der Waals surface area contributed by atoms with Crippen molar-refractivity contribution in [2.75, 3.05) is 5.73 Å². The van der Waals surface area contributed by atoms with Crippen LogP contribution < -0.4 is 5.73 Å². The van der Waals surface area contributed by atoms with Crippen LogP contribution in [0.1, 0.15) is 0 Å². The Hall–Kier alpha value is -1.73. The summed E-state index contributed by atoms with van der Waals surface area (Å²) in [5.41, 5.74) is 7.31. The summed E-state index contributed by atoms with van der Waals surface area (Å²) in [6, 6.07) is 7.19. The van der Waals surface area contributed by atoms with E-state index in [4.69, 9.17) is 5.73 Å². The van der Waals surface area contributed by atoms with Gasteiger partial charge in [0, 0.05) is 18.7 Å². The Morgan fingerprint density at radius 3 is 2.62 bits per heavy atom. The molecule has 0 saturated heterocycles. The zero-order valence-corrected chi connectivity index (χ0v) is 13.3. The van der Waals surface area contributed by atoms with E-state index < -0.39 is 11.6 Å². The summed E-state index contributed by atoms with van der Waals surface area (Å²) in [6.45, 7) is 0. The molecule has 0 saturated carbocycles. The predicted octanol–water partition coefficient (Wildman–Crippen LogP) is 4.44. The third-order valence-electron chi connectivity index (χ3n) is 3.10. The van der Waals surface area contributed by atoms with Crippen LogP contribution in [0.3, 0.4) is 0 Å².